The molecule has 50 valence electrons. The van der Waals surface area contributed by atoms with Gasteiger partial charge in [0.05, 0.1) is 0 Å². The molecule has 0 unspecified atom stereocenters. The van der Waals surface area contributed by atoms with E-state index in [9.17, 15) is 0 Å². The lowest BCUT2D eigenvalue weighted by Gasteiger charge is -2.01. The molecule has 0 amide bonds. The molecule has 0 bridgehead atoms. The van der Waals surface area contributed by atoms with Crippen molar-refractivity contribution in [1.29, 1.82) is 0 Å². The summed E-state index contributed by atoms with van der Waals surface area (Å²) in [7, 11) is 0. The normalized spacial score (nSPS) is 27.4. The number of thiol groups is 1. The van der Waals surface area contributed by atoms with E-state index in [1.165, 1.54) is 19.4 Å². The summed E-state index contributed by atoms with van der Waals surface area (Å²) in [5, 5.41) is 3.33. The van der Waals surface area contributed by atoms with Crippen molar-refractivity contribution in [2.45, 2.75) is 18.9 Å². The largest absolute Gasteiger partial charge is 0.313 e. The maximum absolute atomic E-state index is 4.15. The fraction of sp³-hybridized carbons (Fsp3) is 1.00. The summed E-state index contributed by atoms with van der Waals surface area (Å²) in [5.74, 6) is 1.00. The molecule has 0 aromatic rings. The molecule has 0 radical (unpaired) electrons. The molecule has 1 nitrogen and oxygen atoms in total. The van der Waals surface area contributed by atoms with Gasteiger partial charge in [-0.25, -0.2) is 0 Å². The van der Waals surface area contributed by atoms with Gasteiger partial charge in [0.1, 0.15) is 0 Å². The molecule has 0 saturated carbocycles. The molecule has 1 heterocycles. The molecule has 0 aliphatic carbocycles. The van der Waals surface area contributed by atoms with Crippen molar-refractivity contribution in [3.8, 4) is 0 Å². The second-order valence-corrected chi connectivity index (χ2v) is 2.34. The van der Waals surface area contributed by atoms with E-state index < -0.39 is 0 Å². The summed E-state index contributed by atoms with van der Waals surface area (Å²) in [4.78, 5) is 0. The first kappa shape index (κ1) is 8.60. The quantitative estimate of drug-likeness (QED) is 0.538. The summed E-state index contributed by atoms with van der Waals surface area (Å²) >= 11 is 4.15. The molecule has 1 fully saturated rings. The van der Waals surface area contributed by atoms with Crippen molar-refractivity contribution in [3.63, 3.8) is 0 Å². The Bertz CT molecular complexity index is 54.4. The number of hydrogen-bond donors (Lipinski definition) is 2. The van der Waals surface area contributed by atoms with Crippen molar-refractivity contribution in [2.24, 2.45) is 0 Å². The Labute approximate surface area is 62.1 Å². The number of nitrogens with one attached hydrogen (secondary N) is 1. The zero-order chi connectivity index (χ0) is 5.11. The van der Waals surface area contributed by atoms with Crippen molar-refractivity contribution in [1.82, 2.24) is 5.32 Å². The van der Waals surface area contributed by atoms with Gasteiger partial charge in [-0.3, -0.25) is 0 Å². The fourth-order valence-corrected chi connectivity index (χ4v) is 1.22. The van der Waals surface area contributed by atoms with E-state index in [2.05, 4.69) is 17.9 Å². The summed E-state index contributed by atoms with van der Waals surface area (Å²) < 4.78 is 0. The molecular formula is C5H12ClNS. The van der Waals surface area contributed by atoms with Crippen LogP contribution in [-0.4, -0.2) is 18.3 Å². The van der Waals surface area contributed by atoms with E-state index in [0.29, 0.717) is 6.04 Å². The molecule has 0 spiro atoms. The first-order valence-corrected chi connectivity index (χ1v) is 3.41. The molecule has 1 aliphatic rings. The average Bonchev–Trinajstić information content (AvgIpc) is 2.14. The SMILES string of the molecule is Cl.SC[C@@H]1CCCN1. The van der Waals surface area contributed by atoms with Crippen molar-refractivity contribution < 1.29 is 0 Å². The van der Waals surface area contributed by atoms with E-state index in [0.717, 1.165) is 5.75 Å². The number of halogens is 1. The third-order valence-electron chi connectivity index (χ3n) is 1.38. The minimum Gasteiger partial charge on any atom is -0.313 e. The van der Waals surface area contributed by atoms with E-state index in [4.69, 9.17) is 0 Å². The molecule has 1 aliphatic heterocycles. The number of hydrogen-bond acceptors (Lipinski definition) is 2. The van der Waals surface area contributed by atoms with Crippen LogP contribution in [0.5, 0.6) is 0 Å². The number of rotatable bonds is 1. The van der Waals surface area contributed by atoms with Crippen molar-refractivity contribution in [2.75, 3.05) is 12.3 Å². The molecular weight excluding hydrogens is 142 g/mol. The van der Waals surface area contributed by atoms with Gasteiger partial charge in [-0.05, 0) is 19.4 Å². The second kappa shape index (κ2) is 4.48. The molecule has 0 aromatic heterocycles. The van der Waals surface area contributed by atoms with Gasteiger partial charge in [0, 0.05) is 11.8 Å². The van der Waals surface area contributed by atoms with E-state index >= 15 is 0 Å². The molecule has 1 N–H and O–H groups in total. The Morgan fingerprint density at radius 3 is 2.62 bits per heavy atom. The van der Waals surface area contributed by atoms with Gasteiger partial charge < -0.3 is 5.32 Å². The van der Waals surface area contributed by atoms with Gasteiger partial charge >= 0.3 is 0 Å². The van der Waals surface area contributed by atoms with Crippen LogP contribution in [0.25, 0.3) is 0 Å². The van der Waals surface area contributed by atoms with Crippen LogP contribution in [-0.2, 0) is 0 Å². The van der Waals surface area contributed by atoms with Crippen LogP contribution >= 0.6 is 25.0 Å². The van der Waals surface area contributed by atoms with Gasteiger partial charge in [0.15, 0.2) is 0 Å². The van der Waals surface area contributed by atoms with Crippen LogP contribution < -0.4 is 5.32 Å². The van der Waals surface area contributed by atoms with Crippen LogP contribution in [0.3, 0.4) is 0 Å². The minimum atomic E-state index is 0. The monoisotopic (exact) mass is 153 g/mol. The maximum Gasteiger partial charge on any atom is 0.0156 e. The first-order valence-electron chi connectivity index (χ1n) is 2.77. The van der Waals surface area contributed by atoms with Gasteiger partial charge in [-0.2, -0.15) is 12.6 Å². The molecule has 1 rings (SSSR count). The highest BCUT2D eigenvalue weighted by molar-refractivity contribution is 7.80. The van der Waals surface area contributed by atoms with Crippen molar-refractivity contribution in [3.05, 3.63) is 0 Å². The highest BCUT2D eigenvalue weighted by Gasteiger charge is 2.10. The lowest BCUT2D eigenvalue weighted by molar-refractivity contribution is 0.675. The highest BCUT2D eigenvalue weighted by atomic mass is 35.5. The fourth-order valence-electron chi connectivity index (χ4n) is 0.913. The topological polar surface area (TPSA) is 12.0 Å². The summed E-state index contributed by atoms with van der Waals surface area (Å²) in [5.41, 5.74) is 0. The van der Waals surface area contributed by atoms with Crippen LogP contribution in [0.2, 0.25) is 0 Å². The summed E-state index contributed by atoms with van der Waals surface area (Å²) in [6, 6.07) is 0.711. The predicted molar refractivity (Wildman–Crippen MR) is 42.1 cm³/mol. The van der Waals surface area contributed by atoms with Crippen LogP contribution in [0.1, 0.15) is 12.8 Å². The zero-order valence-electron chi connectivity index (χ0n) is 4.76. The molecule has 1 atom stereocenters. The Kier molecular flexibility index (Phi) is 4.81. The Balaban J connectivity index is 0.000000490. The lowest BCUT2D eigenvalue weighted by Crippen LogP contribution is -2.22. The van der Waals surface area contributed by atoms with E-state index in [1.54, 1.807) is 0 Å². The molecule has 3 heteroatoms. The minimum absolute atomic E-state index is 0. The van der Waals surface area contributed by atoms with E-state index in [-0.39, 0.29) is 12.4 Å². The maximum atomic E-state index is 4.15. The van der Waals surface area contributed by atoms with Gasteiger partial charge in [0.2, 0.25) is 0 Å². The predicted octanol–water partition coefficient (Wildman–Crippen LogP) is 1.09. The third kappa shape index (κ3) is 2.25. The first-order chi connectivity index (χ1) is 3.43. The average molecular weight is 154 g/mol. The molecule has 0 aromatic carbocycles. The Hall–Kier alpha value is 0.600. The van der Waals surface area contributed by atoms with Gasteiger partial charge in [0.25, 0.3) is 0 Å². The highest BCUT2D eigenvalue weighted by Crippen LogP contribution is 2.04. The second-order valence-electron chi connectivity index (χ2n) is 1.98. The summed E-state index contributed by atoms with van der Waals surface area (Å²) in [6.07, 6.45) is 2.66. The van der Waals surface area contributed by atoms with Crippen molar-refractivity contribution >= 4 is 25.0 Å². The van der Waals surface area contributed by atoms with Gasteiger partial charge in [-0.1, -0.05) is 0 Å². The summed E-state index contributed by atoms with van der Waals surface area (Å²) in [6.45, 7) is 1.20. The van der Waals surface area contributed by atoms with Crippen LogP contribution in [0.15, 0.2) is 0 Å². The smallest absolute Gasteiger partial charge is 0.0156 e. The zero-order valence-corrected chi connectivity index (χ0v) is 6.47. The Morgan fingerprint density at radius 2 is 2.38 bits per heavy atom. The third-order valence-corrected chi connectivity index (χ3v) is 1.82. The lowest BCUT2D eigenvalue weighted by atomic mass is 10.3. The van der Waals surface area contributed by atoms with Crippen LogP contribution in [0, 0.1) is 0 Å². The van der Waals surface area contributed by atoms with Crippen LogP contribution in [0.4, 0.5) is 0 Å². The standard InChI is InChI=1S/C5H11NS.ClH/c7-4-5-2-1-3-6-5;/h5-7H,1-4H2;1H/t5-;/m0./s1. The molecule has 1 saturated heterocycles. The van der Waals surface area contributed by atoms with Gasteiger partial charge in [-0.15, -0.1) is 12.4 Å². The Morgan fingerprint density at radius 1 is 1.62 bits per heavy atom. The molecule has 8 heavy (non-hydrogen) atoms. The van der Waals surface area contributed by atoms with E-state index in [1.807, 2.05) is 0 Å².